The van der Waals surface area contributed by atoms with Crippen LogP contribution in [0.3, 0.4) is 0 Å². The van der Waals surface area contributed by atoms with Gasteiger partial charge in [-0.1, -0.05) is 15.9 Å². The van der Waals surface area contributed by atoms with E-state index in [-0.39, 0.29) is 5.78 Å². The molecule has 0 aliphatic carbocycles. The molecule has 0 unspecified atom stereocenters. The summed E-state index contributed by atoms with van der Waals surface area (Å²) in [6.07, 6.45) is 0. The van der Waals surface area contributed by atoms with Gasteiger partial charge in [0.25, 0.3) is 0 Å². The lowest BCUT2D eigenvalue weighted by Gasteiger charge is -2.02. The maximum absolute atomic E-state index is 11.1. The minimum Gasteiger partial charge on any atom is -0.294 e. The van der Waals surface area contributed by atoms with Crippen LogP contribution in [0.4, 0.5) is 0 Å². The summed E-state index contributed by atoms with van der Waals surface area (Å²) < 4.78 is 1.29. The normalized spacial score (nSPS) is 9.38. The topological polar surface area (TPSA) is 40.9 Å². The van der Waals surface area contributed by atoms with E-state index in [0.29, 0.717) is 20.1 Å². The second kappa shape index (κ2) is 4.03. The molecule has 0 aromatic heterocycles. The Morgan fingerprint density at radius 3 is 2.46 bits per heavy atom. The zero-order valence-corrected chi connectivity index (χ0v) is 9.94. The molecule has 0 heterocycles. The molecule has 0 N–H and O–H groups in total. The molecule has 1 rings (SSSR count). The van der Waals surface area contributed by atoms with Crippen LogP contribution in [0.2, 0.25) is 0 Å². The Morgan fingerprint density at radius 2 is 2.00 bits per heavy atom. The van der Waals surface area contributed by atoms with Gasteiger partial charge in [0.2, 0.25) is 0 Å². The Morgan fingerprint density at radius 1 is 1.38 bits per heavy atom. The van der Waals surface area contributed by atoms with Crippen molar-refractivity contribution in [3.63, 3.8) is 0 Å². The van der Waals surface area contributed by atoms with Crippen molar-refractivity contribution in [2.45, 2.75) is 6.92 Å². The molecule has 1 aromatic carbocycles. The van der Waals surface area contributed by atoms with Crippen LogP contribution >= 0.6 is 31.9 Å². The van der Waals surface area contributed by atoms with Crippen molar-refractivity contribution in [3.05, 3.63) is 32.2 Å². The maximum atomic E-state index is 11.1. The third kappa shape index (κ3) is 2.17. The van der Waals surface area contributed by atoms with Crippen LogP contribution in [-0.4, -0.2) is 5.78 Å². The first-order valence-corrected chi connectivity index (χ1v) is 5.05. The van der Waals surface area contributed by atoms with Gasteiger partial charge in [-0.05, 0) is 35.0 Å². The molecule has 0 saturated carbocycles. The highest BCUT2D eigenvalue weighted by Crippen LogP contribution is 2.25. The number of hydrogen-bond donors (Lipinski definition) is 0. The van der Waals surface area contributed by atoms with Crippen LogP contribution in [-0.2, 0) is 0 Å². The lowest BCUT2D eigenvalue weighted by atomic mass is 10.1. The van der Waals surface area contributed by atoms with E-state index in [0.717, 1.165) is 0 Å². The van der Waals surface area contributed by atoms with Crippen molar-refractivity contribution >= 4 is 37.6 Å². The summed E-state index contributed by atoms with van der Waals surface area (Å²) in [4.78, 5) is 11.1. The van der Waals surface area contributed by atoms with E-state index in [1.54, 1.807) is 12.1 Å². The molecule has 0 radical (unpaired) electrons. The predicted octanol–water partition coefficient (Wildman–Crippen LogP) is 3.29. The first kappa shape index (κ1) is 10.4. The van der Waals surface area contributed by atoms with E-state index >= 15 is 0 Å². The molecule has 0 fully saturated rings. The van der Waals surface area contributed by atoms with Gasteiger partial charge in [0.15, 0.2) is 5.78 Å². The summed E-state index contributed by atoms with van der Waals surface area (Å²) in [5.74, 6) is -0.0305. The second-order valence-corrected chi connectivity index (χ2v) is 4.19. The number of nitrogens with zero attached hydrogens (tertiary/aromatic N) is 1. The summed E-state index contributed by atoms with van der Waals surface area (Å²) >= 11 is 6.44. The molecule has 0 atom stereocenters. The molecular weight excluding hydrogens is 298 g/mol. The van der Waals surface area contributed by atoms with Crippen LogP contribution < -0.4 is 0 Å². The monoisotopic (exact) mass is 301 g/mol. The Kier molecular flexibility index (Phi) is 3.23. The number of ketones is 1. The van der Waals surface area contributed by atoms with E-state index < -0.39 is 0 Å². The van der Waals surface area contributed by atoms with Gasteiger partial charge in [0, 0.05) is 14.5 Å². The number of carbonyl (C=O) groups is 1. The number of hydrogen-bond acceptors (Lipinski definition) is 2. The first-order valence-electron chi connectivity index (χ1n) is 3.46. The Balaban J connectivity index is 3.39. The average molecular weight is 303 g/mol. The van der Waals surface area contributed by atoms with Crippen molar-refractivity contribution in [2.24, 2.45) is 0 Å². The lowest BCUT2D eigenvalue weighted by molar-refractivity contribution is 0.101. The number of Topliss-reactive ketones (excluding diaryl/α,β-unsaturated/α-hetero) is 1. The molecule has 4 heteroatoms. The standard InChI is InChI=1S/C9H5Br2NO/c1-5(13)7-3-8(10)6(4-12)2-9(7)11/h2-3H,1H3. The van der Waals surface area contributed by atoms with Crippen molar-refractivity contribution in [2.75, 3.05) is 0 Å². The van der Waals surface area contributed by atoms with E-state index in [2.05, 4.69) is 31.9 Å². The number of halogens is 2. The molecule has 0 aliphatic rings. The van der Waals surface area contributed by atoms with Crippen LogP contribution in [0.1, 0.15) is 22.8 Å². The van der Waals surface area contributed by atoms with E-state index in [1.165, 1.54) is 6.92 Å². The van der Waals surface area contributed by atoms with Gasteiger partial charge in [-0.25, -0.2) is 0 Å². The summed E-state index contributed by atoms with van der Waals surface area (Å²) in [5.41, 5.74) is 1.09. The molecule has 0 saturated heterocycles. The van der Waals surface area contributed by atoms with Crippen LogP contribution in [0, 0.1) is 11.3 Å². The molecule has 0 bridgehead atoms. The molecule has 0 amide bonds. The van der Waals surface area contributed by atoms with Crippen molar-refractivity contribution in [3.8, 4) is 6.07 Å². The second-order valence-electron chi connectivity index (χ2n) is 2.48. The number of carbonyl (C=O) groups excluding carboxylic acids is 1. The van der Waals surface area contributed by atoms with Gasteiger partial charge in [0.1, 0.15) is 6.07 Å². The molecule has 13 heavy (non-hydrogen) atoms. The van der Waals surface area contributed by atoms with E-state index in [4.69, 9.17) is 5.26 Å². The Hall–Kier alpha value is -0.660. The molecule has 2 nitrogen and oxygen atoms in total. The van der Waals surface area contributed by atoms with Crippen molar-refractivity contribution < 1.29 is 4.79 Å². The van der Waals surface area contributed by atoms with Gasteiger partial charge in [-0.15, -0.1) is 0 Å². The predicted molar refractivity (Wildman–Crippen MR) is 56.6 cm³/mol. The third-order valence-electron chi connectivity index (χ3n) is 1.56. The van der Waals surface area contributed by atoms with E-state index in [1.807, 2.05) is 6.07 Å². The largest absolute Gasteiger partial charge is 0.294 e. The van der Waals surface area contributed by atoms with Gasteiger partial charge >= 0.3 is 0 Å². The Labute approximate surface area is 92.8 Å². The van der Waals surface area contributed by atoms with Crippen LogP contribution in [0.5, 0.6) is 0 Å². The SMILES string of the molecule is CC(=O)c1cc(Br)c(C#N)cc1Br. The summed E-state index contributed by atoms with van der Waals surface area (Å²) in [7, 11) is 0. The fourth-order valence-electron chi connectivity index (χ4n) is 0.902. The highest BCUT2D eigenvalue weighted by atomic mass is 79.9. The number of rotatable bonds is 1. The van der Waals surface area contributed by atoms with Crippen LogP contribution in [0.25, 0.3) is 0 Å². The van der Waals surface area contributed by atoms with Gasteiger partial charge in [-0.3, -0.25) is 4.79 Å². The molecule has 0 aliphatic heterocycles. The average Bonchev–Trinajstić information content (AvgIpc) is 2.07. The molecule has 1 aromatic rings. The van der Waals surface area contributed by atoms with Crippen molar-refractivity contribution in [1.29, 1.82) is 5.26 Å². The highest BCUT2D eigenvalue weighted by molar-refractivity contribution is 9.11. The van der Waals surface area contributed by atoms with Gasteiger partial charge < -0.3 is 0 Å². The fourth-order valence-corrected chi connectivity index (χ4v) is 1.96. The number of benzene rings is 1. The minimum atomic E-state index is -0.0305. The lowest BCUT2D eigenvalue weighted by Crippen LogP contribution is -1.94. The molecule has 66 valence electrons. The van der Waals surface area contributed by atoms with E-state index in [9.17, 15) is 4.79 Å². The van der Waals surface area contributed by atoms with Gasteiger partial charge in [0.05, 0.1) is 5.56 Å². The summed E-state index contributed by atoms with van der Waals surface area (Å²) in [6.45, 7) is 1.48. The minimum absolute atomic E-state index is 0.0305. The quantitative estimate of drug-likeness (QED) is 0.747. The Bertz CT molecular complexity index is 407. The maximum Gasteiger partial charge on any atom is 0.160 e. The highest BCUT2D eigenvalue weighted by Gasteiger charge is 2.09. The summed E-state index contributed by atoms with van der Waals surface area (Å²) in [5, 5.41) is 8.69. The number of nitriles is 1. The fraction of sp³-hybridized carbons (Fsp3) is 0.111. The van der Waals surface area contributed by atoms with Crippen LogP contribution in [0.15, 0.2) is 21.1 Å². The smallest absolute Gasteiger partial charge is 0.160 e. The zero-order valence-electron chi connectivity index (χ0n) is 6.77. The van der Waals surface area contributed by atoms with Gasteiger partial charge in [-0.2, -0.15) is 5.26 Å². The third-order valence-corrected chi connectivity index (χ3v) is 2.87. The summed E-state index contributed by atoms with van der Waals surface area (Å²) in [6, 6.07) is 5.28. The molecule has 0 spiro atoms. The van der Waals surface area contributed by atoms with Crippen molar-refractivity contribution in [1.82, 2.24) is 0 Å². The first-order chi connectivity index (χ1) is 6.06. The zero-order chi connectivity index (χ0) is 10.0. The molecular formula is C9H5Br2NO.